The van der Waals surface area contributed by atoms with Crippen LogP contribution in [0.15, 0.2) is 17.5 Å². The van der Waals surface area contributed by atoms with E-state index in [9.17, 15) is 0 Å². The third-order valence-electron chi connectivity index (χ3n) is 2.36. The highest BCUT2D eigenvalue weighted by Crippen LogP contribution is 2.23. The number of nitrogens with two attached hydrogens (primary N) is 1. The summed E-state index contributed by atoms with van der Waals surface area (Å²) in [6.07, 6.45) is 0. The molecule has 1 rings (SSSR count). The maximum Gasteiger partial charge on any atom is 0.0908 e. The lowest BCUT2D eigenvalue weighted by Crippen LogP contribution is -2.41. The molecule has 0 radical (unpaired) electrons. The molecule has 1 aromatic rings. The van der Waals surface area contributed by atoms with Gasteiger partial charge in [0, 0.05) is 19.6 Å². The van der Waals surface area contributed by atoms with Gasteiger partial charge in [-0.25, -0.2) is 0 Å². The molecule has 74 valence electrons. The van der Waals surface area contributed by atoms with Crippen molar-refractivity contribution in [1.82, 2.24) is 0 Å². The third-order valence-corrected chi connectivity index (χ3v) is 3.32. The van der Waals surface area contributed by atoms with Crippen LogP contribution in [0.3, 0.4) is 0 Å². The monoisotopic (exact) mass is 198 g/mol. The maximum absolute atomic E-state index is 5.74. The van der Waals surface area contributed by atoms with E-state index in [1.807, 2.05) is 0 Å². The van der Waals surface area contributed by atoms with Crippen molar-refractivity contribution in [2.24, 2.45) is 11.7 Å². The second kappa shape index (κ2) is 4.63. The highest BCUT2D eigenvalue weighted by atomic mass is 32.1. The van der Waals surface area contributed by atoms with E-state index in [0.29, 0.717) is 18.5 Å². The molecule has 0 saturated carbocycles. The van der Waals surface area contributed by atoms with Crippen LogP contribution in [0, 0.1) is 5.92 Å². The fourth-order valence-electron chi connectivity index (χ4n) is 1.51. The quantitative estimate of drug-likeness (QED) is 0.803. The summed E-state index contributed by atoms with van der Waals surface area (Å²) >= 11 is 1.76. The van der Waals surface area contributed by atoms with E-state index in [4.69, 9.17) is 5.73 Å². The van der Waals surface area contributed by atoms with E-state index in [-0.39, 0.29) is 0 Å². The zero-order valence-electron chi connectivity index (χ0n) is 8.53. The number of rotatable bonds is 4. The van der Waals surface area contributed by atoms with Gasteiger partial charge in [-0.15, -0.1) is 11.3 Å². The molecule has 0 aliphatic heterocycles. The summed E-state index contributed by atoms with van der Waals surface area (Å²) in [5, 5.41) is 3.39. The molecule has 1 atom stereocenters. The fourth-order valence-corrected chi connectivity index (χ4v) is 2.27. The largest absolute Gasteiger partial charge is 0.362 e. The second-order valence-corrected chi connectivity index (χ2v) is 4.54. The molecule has 3 heteroatoms. The van der Waals surface area contributed by atoms with E-state index in [0.717, 1.165) is 0 Å². The first kappa shape index (κ1) is 10.5. The Balaban J connectivity index is 2.70. The molecule has 0 fully saturated rings. The van der Waals surface area contributed by atoms with Crippen LogP contribution in [-0.2, 0) is 0 Å². The number of likely N-dealkylation sites (N-methyl/N-ethyl adjacent to an activating group) is 1. The van der Waals surface area contributed by atoms with Gasteiger partial charge in [0.15, 0.2) is 0 Å². The van der Waals surface area contributed by atoms with Crippen LogP contribution < -0.4 is 10.6 Å². The molecule has 0 aliphatic carbocycles. The number of thiophene rings is 1. The minimum atomic E-state index is 0.443. The van der Waals surface area contributed by atoms with E-state index < -0.39 is 0 Å². The maximum atomic E-state index is 5.74. The van der Waals surface area contributed by atoms with Crippen LogP contribution in [0.5, 0.6) is 0 Å². The van der Waals surface area contributed by atoms with Crippen LogP contribution in [0.2, 0.25) is 0 Å². The van der Waals surface area contributed by atoms with Gasteiger partial charge in [0.2, 0.25) is 0 Å². The van der Waals surface area contributed by atoms with Gasteiger partial charge in [0.05, 0.1) is 5.00 Å². The Morgan fingerprint density at radius 3 is 2.62 bits per heavy atom. The number of anilines is 1. The van der Waals surface area contributed by atoms with Crippen molar-refractivity contribution in [3.8, 4) is 0 Å². The lowest BCUT2D eigenvalue weighted by atomic mass is 10.0. The first-order chi connectivity index (χ1) is 6.16. The summed E-state index contributed by atoms with van der Waals surface area (Å²) in [7, 11) is 2.11. The van der Waals surface area contributed by atoms with Crippen molar-refractivity contribution in [1.29, 1.82) is 0 Å². The summed E-state index contributed by atoms with van der Waals surface area (Å²) in [5.74, 6) is 0.595. The summed E-state index contributed by atoms with van der Waals surface area (Å²) in [6, 6.07) is 4.65. The van der Waals surface area contributed by atoms with Crippen molar-refractivity contribution in [3.05, 3.63) is 17.5 Å². The molecule has 0 saturated heterocycles. The number of hydrogen-bond acceptors (Lipinski definition) is 3. The fraction of sp³-hybridized carbons (Fsp3) is 0.600. The Bertz CT molecular complexity index is 231. The summed E-state index contributed by atoms with van der Waals surface area (Å²) in [5.41, 5.74) is 5.74. The molecular formula is C10H18N2S. The molecule has 2 N–H and O–H groups in total. The summed E-state index contributed by atoms with van der Waals surface area (Å²) in [4.78, 5) is 2.27. The molecule has 13 heavy (non-hydrogen) atoms. The van der Waals surface area contributed by atoms with Gasteiger partial charge in [-0.05, 0) is 23.4 Å². The van der Waals surface area contributed by atoms with Gasteiger partial charge < -0.3 is 10.6 Å². The molecule has 1 aromatic heterocycles. The van der Waals surface area contributed by atoms with E-state index in [1.165, 1.54) is 5.00 Å². The van der Waals surface area contributed by atoms with Crippen LogP contribution in [-0.4, -0.2) is 19.6 Å². The van der Waals surface area contributed by atoms with E-state index in [2.05, 4.69) is 43.3 Å². The Hall–Kier alpha value is -0.540. The standard InChI is InChI=1S/C10H18N2S/c1-8(2)9(7-11)12(3)10-5-4-6-13-10/h4-6,8-9H,7,11H2,1-3H3. The highest BCUT2D eigenvalue weighted by Gasteiger charge is 2.17. The second-order valence-electron chi connectivity index (χ2n) is 3.61. The molecule has 0 spiro atoms. The summed E-state index contributed by atoms with van der Waals surface area (Å²) < 4.78 is 0. The van der Waals surface area contributed by atoms with Crippen LogP contribution >= 0.6 is 11.3 Å². The molecule has 2 nitrogen and oxygen atoms in total. The number of nitrogens with zero attached hydrogens (tertiary/aromatic N) is 1. The molecule has 0 amide bonds. The van der Waals surface area contributed by atoms with Crippen molar-refractivity contribution >= 4 is 16.3 Å². The molecule has 0 bridgehead atoms. The molecular weight excluding hydrogens is 180 g/mol. The average Bonchev–Trinajstić information content (AvgIpc) is 2.56. The molecule has 1 unspecified atom stereocenters. The van der Waals surface area contributed by atoms with E-state index >= 15 is 0 Å². The minimum Gasteiger partial charge on any atom is -0.362 e. The Kier molecular flexibility index (Phi) is 3.75. The predicted octanol–water partition coefficient (Wildman–Crippen LogP) is 2.17. The van der Waals surface area contributed by atoms with Crippen LogP contribution in [0.4, 0.5) is 5.00 Å². The molecule has 1 heterocycles. The Morgan fingerprint density at radius 1 is 1.54 bits per heavy atom. The van der Waals surface area contributed by atoms with Gasteiger partial charge in [-0.2, -0.15) is 0 Å². The first-order valence-electron chi connectivity index (χ1n) is 4.63. The Labute approximate surface area is 84.4 Å². The van der Waals surface area contributed by atoms with Crippen molar-refractivity contribution < 1.29 is 0 Å². The highest BCUT2D eigenvalue weighted by molar-refractivity contribution is 7.14. The average molecular weight is 198 g/mol. The smallest absolute Gasteiger partial charge is 0.0908 e. The lowest BCUT2D eigenvalue weighted by molar-refractivity contribution is 0.481. The van der Waals surface area contributed by atoms with Gasteiger partial charge in [0.1, 0.15) is 0 Å². The zero-order valence-corrected chi connectivity index (χ0v) is 9.34. The van der Waals surface area contributed by atoms with Gasteiger partial charge >= 0.3 is 0 Å². The first-order valence-corrected chi connectivity index (χ1v) is 5.51. The molecule has 0 aromatic carbocycles. The van der Waals surface area contributed by atoms with Crippen molar-refractivity contribution in [2.75, 3.05) is 18.5 Å². The van der Waals surface area contributed by atoms with Crippen LogP contribution in [0.25, 0.3) is 0 Å². The van der Waals surface area contributed by atoms with Gasteiger partial charge in [-0.3, -0.25) is 0 Å². The van der Waals surface area contributed by atoms with Crippen molar-refractivity contribution in [2.45, 2.75) is 19.9 Å². The normalized spacial score (nSPS) is 13.3. The zero-order chi connectivity index (χ0) is 9.84. The van der Waals surface area contributed by atoms with E-state index in [1.54, 1.807) is 11.3 Å². The van der Waals surface area contributed by atoms with Gasteiger partial charge in [0.25, 0.3) is 0 Å². The topological polar surface area (TPSA) is 29.3 Å². The summed E-state index contributed by atoms with van der Waals surface area (Å²) in [6.45, 7) is 5.13. The minimum absolute atomic E-state index is 0.443. The number of hydrogen-bond donors (Lipinski definition) is 1. The predicted molar refractivity (Wildman–Crippen MR) is 60.4 cm³/mol. The molecule has 0 aliphatic rings. The van der Waals surface area contributed by atoms with Crippen molar-refractivity contribution in [3.63, 3.8) is 0 Å². The SMILES string of the molecule is CC(C)C(CN)N(C)c1cccs1. The lowest BCUT2D eigenvalue weighted by Gasteiger charge is -2.30. The third kappa shape index (κ3) is 2.45. The van der Waals surface area contributed by atoms with Crippen LogP contribution in [0.1, 0.15) is 13.8 Å². The van der Waals surface area contributed by atoms with Gasteiger partial charge in [-0.1, -0.05) is 13.8 Å². The Morgan fingerprint density at radius 2 is 2.23 bits per heavy atom.